The monoisotopic (exact) mass is 301 g/mol. The van der Waals surface area contributed by atoms with Crippen LogP contribution in [0.25, 0.3) is 0 Å². The molecule has 0 bridgehead atoms. The molecule has 1 heterocycles. The highest BCUT2D eigenvalue weighted by molar-refractivity contribution is 7.80. The Bertz CT molecular complexity index is 643. The molecule has 1 aromatic carbocycles. The van der Waals surface area contributed by atoms with E-state index in [-0.39, 0.29) is 0 Å². The first-order valence-corrected chi connectivity index (χ1v) is 7.16. The minimum Gasteiger partial charge on any atom is -0.496 e. The summed E-state index contributed by atoms with van der Waals surface area (Å²) in [5, 5.41) is 3.30. The van der Waals surface area contributed by atoms with E-state index in [9.17, 15) is 0 Å². The first-order valence-electron chi connectivity index (χ1n) is 6.75. The molecule has 2 rings (SSSR count). The van der Waals surface area contributed by atoms with E-state index in [1.807, 2.05) is 37.3 Å². The van der Waals surface area contributed by atoms with E-state index >= 15 is 0 Å². The Morgan fingerprint density at radius 1 is 1.29 bits per heavy atom. The number of benzene rings is 1. The molecule has 21 heavy (non-hydrogen) atoms. The van der Waals surface area contributed by atoms with Gasteiger partial charge in [-0.3, -0.25) is 0 Å². The van der Waals surface area contributed by atoms with Crippen molar-refractivity contribution in [3.05, 3.63) is 53.2 Å². The van der Waals surface area contributed by atoms with Crippen molar-refractivity contribution in [2.75, 3.05) is 19.0 Å². The van der Waals surface area contributed by atoms with Gasteiger partial charge >= 0.3 is 0 Å². The molecule has 0 saturated heterocycles. The number of rotatable bonds is 6. The van der Waals surface area contributed by atoms with E-state index in [1.54, 1.807) is 7.11 Å². The number of nitrogens with two attached hydrogens (primary N) is 1. The number of aromatic nitrogens is 1. The SMILES string of the molecule is COc1ccccc1CCNc1nc(C)ccc1C(N)=S. The minimum atomic E-state index is 0.349. The molecule has 0 aliphatic heterocycles. The van der Waals surface area contributed by atoms with Crippen LogP contribution in [0.15, 0.2) is 36.4 Å². The topological polar surface area (TPSA) is 60.2 Å². The molecule has 1 aromatic heterocycles. The Hall–Kier alpha value is -2.14. The zero-order chi connectivity index (χ0) is 15.2. The van der Waals surface area contributed by atoms with Crippen molar-refractivity contribution in [2.24, 2.45) is 5.73 Å². The van der Waals surface area contributed by atoms with Gasteiger partial charge in [-0.25, -0.2) is 4.98 Å². The second-order valence-electron chi connectivity index (χ2n) is 4.70. The number of aryl methyl sites for hydroxylation is 1. The standard InChI is InChI=1S/C16H19N3OS/c1-11-7-8-13(15(17)21)16(19-11)18-10-9-12-5-3-4-6-14(12)20-2/h3-8H,9-10H2,1-2H3,(H2,17,21)(H,18,19). The highest BCUT2D eigenvalue weighted by atomic mass is 32.1. The van der Waals surface area contributed by atoms with Gasteiger partial charge in [-0.1, -0.05) is 30.4 Å². The van der Waals surface area contributed by atoms with Crippen LogP contribution >= 0.6 is 12.2 Å². The van der Waals surface area contributed by atoms with Crippen molar-refractivity contribution < 1.29 is 4.74 Å². The van der Waals surface area contributed by atoms with Crippen molar-refractivity contribution in [3.63, 3.8) is 0 Å². The largest absolute Gasteiger partial charge is 0.496 e. The molecule has 0 spiro atoms. The molecule has 0 fully saturated rings. The lowest BCUT2D eigenvalue weighted by Gasteiger charge is -2.12. The van der Waals surface area contributed by atoms with Crippen molar-refractivity contribution in [3.8, 4) is 5.75 Å². The molecule has 110 valence electrons. The third kappa shape index (κ3) is 3.92. The fourth-order valence-corrected chi connectivity index (χ4v) is 2.28. The van der Waals surface area contributed by atoms with E-state index in [1.165, 1.54) is 0 Å². The molecule has 0 radical (unpaired) electrons. The van der Waals surface area contributed by atoms with E-state index < -0.39 is 0 Å². The molecule has 0 unspecified atom stereocenters. The molecule has 3 N–H and O–H groups in total. The normalized spacial score (nSPS) is 10.2. The average Bonchev–Trinajstić information content (AvgIpc) is 2.47. The summed E-state index contributed by atoms with van der Waals surface area (Å²) in [7, 11) is 1.68. The zero-order valence-electron chi connectivity index (χ0n) is 12.2. The molecule has 0 saturated carbocycles. The summed E-state index contributed by atoms with van der Waals surface area (Å²) in [5.74, 6) is 1.63. The summed E-state index contributed by atoms with van der Waals surface area (Å²) in [6, 6.07) is 11.8. The third-order valence-corrected chi connectivity index (χ3v) is 3.40. The van der Waals surface area contributed by atoms with Gasteiger partial charge < -0.3 is 15.8 Å². The summed E-state index contributed by atoms with van der Waals surface area (Å²) >= 11 is 5.05. The summed E-state index contributed by atoms with van der Waals surface area (Å²) in [6.45, 7) is 2.67. The van der Waals surface area contributed by atoms with E-state index in [2.05, 4.69) is 16.4 Å². The van der Waals surface area contributed by atoms with Crippen LogP contribution in [0.5, 0.6) is 5.75 Å². The van der Waals surface area contributed by atoms with Crippen LogP contribution < -0.4 is 15.8 Å². The lowest BCUT2D eigenvalue weighted by atomic mass is 10.1. The second-order valence-corrected chi connectivity index (χ2v) is 5.14. The molecule has 5 heteroatoms. The molecule has 0 amide bonds. The molecular formula is C16H19N3OS. The summed E-state index contributed by atoms with van der Waals surface area (Å²) in [4.78, 5) is 4.81. The Kier molecular flexibility index (Phi) is 5.11. The molecule has 0 atom stereocenters. The van der Waals surface area contributed by atoms with Gasteiger partial charge in [0.2, 0.25) is 0 Å². The smallest absolute Gasteiger partial charge is 0.136 e. The second kappa shape index (κ2) is 7.04. The van der Waals surface area contributed by atoms with Crippen LogP contribution in [-0.2, 0) is 6.42 Å². The van der Waals surface area contributed by atoms with Crippen molar-refractivity contribution in [1.29, 1.82) is 0 Å². The van der Waals surface area contributed by atoms with Crippen molar-refractivity contribution in [2.45, 2.75) is 13.3 Å². The van der Waals surface area contributed by atoms with Crippen LogP contribution in [0.2, 0.25) is 0 Å². The molecule has 4 nitrogen and oxygen atoms in total. The number of nitrogens with one attached hydrogen (secondary N) is 1. The van der Waals surface area contributed by atoms with Gasteiger partial charge in [0, 0.05) is 12.2 Å². The quantitative estimate of drug-likeness (QED) is 0.803. The number of anilines is 1. The van der Waals surface area contributed by atoms with Crippen LogP contribution in [0, 0.1) is 6.92 Å². The third-order valence-electron chi connectivity index (χ3n) is 3.18. The number of nitrogens with zero attached hydrogens (tertiary/aromatic N) is 1. The number of hydrogen-bond acceptors (Lipinski definition) is 4. The predicted molar refractivity (Wildman–Crippen MR) is 90.0 cm³/mol. The summed E-state index contributed by atoms with van der Waals surface area (Å²) in [5.41, 5.74) is 8.57. The van der Waals surface area contributed by atoms with Crippen molar-refractivity contribution >= 4 is 23.0 Å². The molecular weight excluding hydrogens is 282 g/mol. The van der Waals surface area contributed by atoms with Gasteiger partial charge in [0.05, 0.1) is 12.7 Å². The van der Waals surface area contributed by atoms with Crippen molar-refractivity contribution in [1.82, 2.24) is 4.98 Å². The molecule has 2 aromatic rings. The first kappa shape index (κ1) is 15.3. The maximum absolute atomic E-state index is 5.72. The number of para-hydroxylation sites is 1. The number of thiocarbonyl (C=S) groups is 1. The lowest BCUT2D eigenvalue weighted by molar-refractivity contribution is 0.410. The van der Waals surface area contributed by atoms with Crippen LogP contribution in [0.1, 0.15) is 16.8 Å². The van der Waals surface area contributed by atoms with Crippen LogP contribution in [0.3, 0.4) is 0 Å². The number of pyridine rings is 1. The van der Waals surface area contributed by atoms with Gasteiger partial charge in [0.15, 0.2) is 0 Å². The van der Waals surface area contributed by atoms with Gasteiger partial charge in [0.1, 0.15) is 16.6 Å². The van der Waals surface area contributed by atoms with Crippen LogP contribution in [-0.4, -0.2) is 23.6 Å². The summed E-state index contributed by atoms with van der Waals surface area (Å²) < 4.78 is 5.34. The fraction of sp³-hybridized carbons (Fsp3) is 0.250. The number of hydrogen-bond donors (Lipinski definition) is 2. The minimum absolute atomic E-state index is 0.349. The molecule has 0 aliphatic carbocycles. The maximum atomic E-state index is 5.72. The van der Waals surface area contributed by atoms with E-state index in [4.69, 9.17) is 22.7 Å². The van der Waals surface area contributed by atoms with E-state index in [0.29, 0.717) is 4.99 Å². The first-order chi connectivity index (χ1) is 10.1. The Morgan fingerprint density at radius 2 is 2.05 bits per heavy atom. The van der Waals surface area contributed by atoms with Gasteiger partial charge in [-0.15, -0.1) is 0 Å². The Labute approximate surface area is 130 Å². The summed E-state index contributed by atoms with van der Waals surface area (Å²) in [6.07, 6.45) is 0.830. The Balaban J connectivity index is 2.07. The Morgan fingerprint density at radius 3 is 2.76 bits per heavy atom. The average molecular weight is 301 g/mol. The van der Waals surface area contributed by atoms with Gasteiger partial charge in [0.25, 0.3) is 0 Å². The van der Waals surface area contributed by atoms with Crippen LogP contribution in [0.4, 0.5) is 5.82 Å². The number of ether oxygens (including phenoxy) is 1. The highest BCUT2D eigenvalue weighted by Gasteiger charge is 2.07. The predicted octanol–water partition coefficient (Wildman–Crippen LogP) is 2.69. The molecule has 0 aliphatic rings. The number of methoxy groups -OCH3 is 1. The maximum Gasteiger partial charge on any atom is 0.136 e. The van der Waals surface area contributed by atoms with E-state index in [0.717, 1.165) is 41.4 Å². The fourth-order valence-electron chi connectivity index (χ4n) is 2.12. The van der Waals surface area contributed by atoms with Gasteiger partial charge in [-0.05, 0) is 37.1 Å². The lowest BCUT2D eigenvalue weighted by Crippen LogP contribution is -2.16. The highest BCUT2D eigenvalue weighted by Crippen LogP contribution is 2.18. The zero-order valence-corrected chi connectivity index (χ0v) is 13.0. The van der Waals surface area contributed by atoms with Gasteiger partial charge in [-0.2, -0.15) is 0 Å².